The predicted octanol–water partition coefficient (Wildman–Crippen LogP) is 2.36. The van der Waals surface area contributed by atoms with E-state index in [1.165, 1.54) is 12.3 Å². The summed E-state index contributed by atoms with van der Waals surface area (Å²) >= 11 is 5.99. The molecule has 0 aliphatic carbocycles. The van der Waals surface area contributed by atoms with E-state index >= 15 is 0 Å². The number of amides is 1. The first-order valence-corrected chi connectivity index (χ1v) is 7.58. The summed E-state index contributed by atoms with van der Waals surface area (Å²) < 4.78 is 0. The van der Waals surface area contributed by atoms with Gasteiger partial charge in [0.15, 0.2) is 0 Å². The number of carboxylic acids is 1. The molecule has 0 heterocycles. The summed E-state index contributed by atoms with van der Waals surface area (Å²) in [6.45, 7) is 3.68. The number of nitrogens with one attached hydrogen (secondary N) is 2. The average Bonchev–Trinajstić information content (AvgIpc) is 2.48. The van der Waals surface area contributed by atoms with Crippen LogP contribution in [0.2, 0.25) is 5.02 Å². The molecule has 24 heavy (non-hydrogen) atoms. The Morgan fingerprint density at radius 1 is 1.46 bits per heavy atom. The van der Waals surface area contributed by atoms with Crippen molar-refractivity contribution in [2.24, 2.45) is 5.92 Å². The van der Waals surface area contributed by atoms with E-state index in [0.29, 0.717) is 16.4 Å². The summed E-state index contributed by atoms with van der Waals surface area (Å²) in [5, 5.41) is 23.6. The maximum absolute atomic E-state index is 12.1. The van der Waals surface area contributed by atoms with Crippen molar-refractivity contribution >= 4 is 34.9 Å². The Hall–Kier alpha value is -2.72. The smallest absolute Gasteiger partial charge is 0.326 e. The van der Waals surface area contributed by atoms with Crippen molar-refractivity contribution in [1.29, 1.82) is 5.26 Å². The molecule has 0 saturated heterocycles. The molecule has 0 aliphatic heterocycles. The van der Waals surface area contributed by atoms with Crippen LogP contribution in [0, 0.1) is 17.2 Å². The number of rotatable bonds is 7. The minimum atomic E-state index is -1.15. The number of carbonyl (C=O) groups excluding carboxylic acids is 1. The highest BCUT2D eigenvalue weighted by Gasteiger charge is 2.22. The molecule has 0 saturated carbocycles. The molecule has 8 heteroatoms. The first-order valence-electron chi connectivity index (χ1n) is 7.20. The van der Waals surface area contributed by atoms with Gasteiger partial charge in [0.1, 0.15) is 17.7 Å². The topological polar surface area (TPSA) is 128 Å². The summed E-state index contributed by atoms with van der Waals surface area (Å²) in [7, 11) is 0. The minimum Gasteiger partial charge on any atom is -0.480 e. The standard InChI is InChI=1S/C16H19ClN4O3/c1-9(2)5-14(16(23)24)21-15(22)10(7-18)8-20-13-4-3-11(19)6-12(13)17/h3-4,6,8-9,14,20H,5,19H2,1-2H3,(H,21,22)(H,23,24)/b10-8-. The third-order valence-electron chi connectivity index (χ3n) is 3.04. The zero-order valence-electron chi connectivity index (χ0n) is 13.3. The number of nitrogen functional groups attached to an aromatic ring is 1. The summed E-state index contributed by atoms with van der Waals surface area (Å²) in [6.07, 6.45) is 1.43. The van der Waals surface area contributed by atoms with Crippen molar-refractivity contribution in [1.82, 2.24) is 5.32 Å². The van der Waals surface area contributed by atoms with Crippen molar-refractivity contribution in [3.63, 3.8) is 0 Å². The zero-order chi connectivity index (χ0) is 18.3. The van der Waals surface area contributed by atoms with Gasteiger partial charge in [0.05, 0.1) is 10.7 Å². The second-order valence-corrected chi connectivity index (χ2v) is 5.95. The van der Waals surface area contributed by atoms with Crippen LogP contribution in [-0.4, -0.2) is 23.0 Å². The van der Waals surface area contributed by atoms with Crippen molar-refractivity contribution < 1.29 is 14.7 Å². The Balaban J connectivity index is 2.85. The third kappa shape index (κ3) is 5.82. The maximum Gasteiger partial charge on any atom is 0.326 e. The lowest BCUT2D eigenvalue weighted by atomic mass is 10.0. The fourth-order valence-electron chi connectivity index (χ4n) is 1.88. The molecule has 128 valence electrons. The molecule has 1 aromatic rings. The van der Waals surface area contributed by atoms with Crippen LogP contribution >= 0.6 is 11.6 Å². The maximum atomic E-state index is 12.1. The lowest BCUT2D eigenvalue weighted by Crippen LogP contribution is -2.42. The van der Waals surface area contributed by atoms with Gasteiger partial charge in [-0.2, -0.15) is 5.26 Å². The van der Waals surface area contributed by atoms with Crippen LogP contribution in [-0.2, 0) is 9.59 Å². The Morgan fingerprint density at radius 3 is 2.62 bits per heavy atom. The first-order chi connectivity index (χ1) is 11.2. The molecule has 1 rings (SSSR count). The normalized spacial score (nSPS) is 12.4. The lowest BCUT2D eigenvalue weighted by molar-refractivity contribution is -0.141. The number of carboxylic acid groups (broad SMARTS) is 1. The molecule has 7 nitrogen and oxygen atoms in total. The number of carbonyl (C=O) groups is 2. The molecule has 0 aromatic heterocycles. The second kappa shape index (κ2) is 8.79. The van der Waals surface area contributed by atoms with Crippen molar-refractivity contribution in [3.8, 4) is 6.07 Å². The Bertz CT molecular complexity index is 695. The van der Waals surface area contributed by atoms with Gasteiger partial charge in [0.25, 0.3) is 5.91 Å². The molecule has 1 amide bonds. The number of hydrogen-bond donors (Lipinski definition) is 4. The Labute approximate surface area is 145 Å². The molecule has 0 spiro atoms. The van der Waals surface area contributed by atoms with E-state index in [1.807, 2.05) is 13.8 Å². The van der Waals surface area contributed by atoms with Crippen LogP contribution in [0.15, 0.2) is 30.0 Å². The highest BCUT2D eigenvalue weighted by Crippen LogP contribution is 2.24. The van der Waals surface area contributed by atoms with Gasteiger partial charge in [0.2, 0.25) is 0 Å². The number of nitrogens with two attached hydrogens (primary N) is 1. The predicted molar refractivity (Wildman–Crippen MR) is 92.2 cm³/mol. The molecular formula is C16H19ClN4O3. The molecule has 0 radical (unpaired) electrons. The van der Waals surface area contributed by atoms with Crippen molar-refractivity contribution in [2.45, 2.75) is 26.3 Å². The number of nitrogens with zero attached hydrogens (tertiary/aromatic N) is 1. The van der Waals surface area contributed by atoms with E-state index in [1.54, 1.807) is 18.2 Å². The van der Waals surface area contributed by atoms with E-state index in [4.69, 9.17) is 27.7 Å². The van der Waals surface area contributed by atoms with Gasteiger partial charge in [-0.3, -0.25) is 4.79 Å². The van der Waals surface area contributed by atoms with Crippen LogP contribution in [0.1, 0.15) is 20.3 Å². The van der Waals surface area contributed by atoms with E-state index < -0.39 is 17.9 Å². The number of anilines is 2. The van der Waals surface area contributed by atoms with E-state index in [2.05, 4.69) is 10.6 Å². The monoisotopic (exact) mass is 350 g/mol. The van der Waals surface area contributed by atoms with Gasteiger partial charge in [-0.05, 0) is 30.5 Å². The highest BCUT2D eigenvalue weighted by atomic mass is 35.5. The number of hydrogen-bond acceptors (Lipinski definition) is 5. The minimum absolute atomic E-state index is 0.0765. The van der Waals surface area contributed by atoms with Crippen LogP contribution in [0.5, 0.6) is 0 Å². The first kappa shape index (κ1) is 19.3. The summed E-state index contributed by atoms with van der Waals surface area (Å²) in [5.41, 5.74) is 6.25. The number of nitriles is 1. The third-order valence-corrected chi connectivity index (χ3v) is 3.35. The van der Waals surface area contributed by atoms with Crippen LogP contribution in [0.4, 0.5) is 11.4 Å². The fourth-order valence-corrected chi connectivity index (χ4v) is 2.12. The van der Waals surface area contributed by atoms with Gasteiger partial charge < -0.3 is 21.5 Å². The van der Waals surface area contributed by atoms with E-state index in [9.17, 15) is 9.59 Å². The number of aliphatic carboxylic acids is 1. The molecule has 0 aliphatic rings. The summed E-state index contributed by atoms with van der Waals surface area (Å²) in [5.74, 6) is -1.85. The highest BCUT2D eigenvalue weighted by molar-refractivity contribution is 6.33. The molecular weight excluding hydrogens is 332 g/mol. The summed E-state index contributed by atoms with van der Waals surface area (Å²) in [6, 6.07) is 5.39. The fraction of sp³-hybridized carbons (Fsp3) is 0.312. The quantitative estimate of drug-likeness (QED) is 0.339. The van der Waals surface area contributed by atoms with E-state index in [0.717, 1.165) is 0 Å². The average molecular weight is 351 g/mol. The number of halogens is 1. The summed E-state index contributed by atoms with van der Waals surface area (Å²) in [4.78, 5) is 23.2. The second-order valence-electron chi connectivity index (χ2n) is 5.55. The molecule has 5 N–H and O–H groups in total. The van der Waals surface area contributed by atoms with Gasteiger partial charge >= 0.3 is 5.97 Å². The molecule has 1 atom stereocenters. The molecule has 0 bridgehead atoms. The SMILES string of the molecule is CC(C)CC(NC(=O)/C(C#N)=C\Nc1ccc(N)cc1Cl)C(=O)O. The van der Waals surface area contributed by atoms with Gasteiger partial charge in [-0.25, -0.2) is 4.79 Å². The largest absolute Gasteiger partial charge is 0.480 e. The van der Waals surface area contributed by atoms with Gasteiger partial charge in [-0.15, -0.1) is 0 Å². The molecule has 0 fully saturated rings. The lowest BCUT2D eigenvalue weighted by Gasteiger charge is -2.16. The zero-order valence-corrected chi connectivity index (χ0v) is 14.1. The van der Waals surface area contributed by atoms with E-state index in [-0.39, 0.29) is 17.9 Å². The Kier molecular flexibility index (Phi) is 7.08. The number of benzene rings is 1. The van der Waals surface area contributed by atoms with Gasteiger partial charge in [-0.1, -0.05) is 25.4 Å². The molecule has 1 unspecified atom stereocenters. The van der Waals surface area contributed by atoms with Crippen molar-refractivity contribution in [3.05, 3.63) is 35.0 Å². The Morgan fingerprint density at radius 2 is 2.12 bits per heavy atom. The van der Waals surface area contributed by atoms with Crippen molar-refractivity contribution in [2.75, 3.05) is 11.1 Å². The van der Waals surface area contributed by atoms with Gasteiger partial charge in [0, 0.05) is 11.9 Å². The van der Waals surface area contributed by atoms with Crippen LogP contribution < -0.4 is 16.4 Å². The van der Waals surface area contributed by atoms with Crippen LogP contribution in [0.3, 0.4) is 0 Å². The van der Waals surface area contributed by atoms with Crippen LogP contribution in [0.25, 0.3) is 0 Å². The molecule has 1 aromatic carbocycles.